The van der Waals surface area contributed by atoms with Gasteiger partial charge in [0, 0.05) is 24.2 Å². The Balaban J connectivity index is 1.53. The first-order chi connectivity index (χ1) is 13.9. The van der Waals surface area contributed by atoms with Crippen LogP contribution in [-0.2, 0) is 16.6 Å². The summed E-state index contributed by atoms with van der Waals surface area (Å²) >= 11 is 3.37. The fourth-order valence-electron chi connectivity index (χ4n) is 3.15. The molecule has 4 rings (SSSR count). The lowest BCUT2D eigenvalue weighted by atomic mass is 10.1. The Morgan fingerprint density at radius 3 is 2.38 bits per heavy atom. The normalized spacial score (nSPS) is 16.7. The Labute approximate surface area is 179 Å². The Bertz CT molecular complexity index is 1020. The molecule has 8 heteroatoms. The lowest BCUT2D eigenvalue weighted by Crippen LogP contribution is -2.32. The summed E-state index contributed by atoms with van der Waals surface area (Å²) in [6, 6.07) is 12.3. The molecular formula is C21H23BrN2O4S. The number of ether oxygens (including phenoxy) is 1. The Kier molecular flexibility index (Phi) is 5.68. The molecule has 0 aromatic heterocycles. The van der Waals surface area contributed by atoms with Crippen LogP contribution in [0.1, 0.15) is 41.6 Å². The number of benzene rings is 2. The van der Waals surface area contributed by atoms with Crippen LogP contribution >= 0.6 is 15.9 Å². The summed E-state index contributed by atoms with van der Waals surface area (Å²) in [4.78, 5) is 12.4. The van der Waals surface area contributed by atoms with E-state index < -0.39 is 10.0 Å². The largest absolute Gasteiger partial charge is 0.496 e. The predicted molar refractivity (Wildman–Crippen MR) is 113 cm³/mol. The molecule has 2 aliphatic rings. The van der Waals surface area contributed by atoms with Crippen LogP contribution in [-0.4, -0.2) is 37.8 Å². The molecule has 0 saturated heterocycles. The highest BCUT2D eigenvalue weighted by molar-refractivity contribution is 9.10. The molecule has 0 atom stereocenters. The van der Waals surface area contributed by atoms with Crippen molar-refractivity contribution in [1.29, 1.82) is 0 Å². The summed E-state index contributed by atoms with van der Waals surface area (Å²) in [5, 5.41) is 2.96. The number of carbonyl (C=O) groups is 1. The van der Waals surface area contributed by atoms with Crippen LogP contribution in [0, 0.1) is 0 Å². The summed E-state index contributed by atoms with van der Waals surface area (Å²) in [6.07, 6.45) is 3.80. The lowest BCUT2D eigenvalue weighted by molar-refractivity contribution is 0.0951. The van der Waals surface area contributed by atoms with Gasteiger partial charge in [-0.15, -0.1) is 0 Å². The smallest absolute Gasteiger partial charge is 0.251 e. The highest BCUT2D eigenvalue weighted by atomic mass is 79.9. The molecule has 1 amide bonds. The van der Waals surface area contributed by atoms with E-state index in [0.29, 0.717) is 21.8 Å². The molecule has 0 radical (unpaired) electrons. The third kappa shape index (κ3) is 4.65. The molecule has 0 spiro atoms. The van der Waals surface area contributed by atoms with Crippen LogP contribution in [0.25, 0.3) is 0 Å². The first kappa shape index (κ1) is 20.4. The fourth-order valence-corrected chi connectivity index (χ4v) is 5.55. The third-order valence-electron chi connectivity index (χ3n) is 5.15. The van der Waals surface area contributed by atoms with Crippen LogP contribution in [0.5, 0.6) is 5.75 Å². The van der Waals surface area contributed by atoms with Crippen molar-refractivity contribution in [2.75, 3.05) is 7.11 Å². The Hall–Kier alpha value is -1.90. The maximum absolute atomic E-state index is 13.3. The SMILES string of the molecule is COc1ccc(S(=O)(=O)N(Cc2ccc(C(=O)NC3CC3)cc2)C2CC2)cc1Br. The molecule has 154 valence electrons. The maximum Gasteiger partial charge on any atom is 0.251 e. The van der Waals surface area contributed by atoms with Crippen molar-refractivity contribution in [2.45, 2.75) is 49.2 Å². The van der Waals surface area contributed by atoms with Gasteiger partial charge in [-0.2, -0.15) is 4.31 Å². The molecule has 2 aromatic rings. The second kappa shape index (κ2) is 8.08. The molecular weight excluding hydrogens is 456 g/mol. The van der Waals surface area contributed by atoms with E-state index in [1.807, 2.05) is 12.1 Å². The van der Waals surface area contributed by atoms with Gasteiger partial charge in [-0.25, -0.2) is 8.42 Å². The molecule has 2 aliphatic carbocycles. The number of halogens is 1. The first-order valence-electron chi connectivity index (χ1n) is 9.63. The van der Waals surface area contributed by atoms with Crippen molar-refractivity contribution in [3.05, 3.63) is 58.1 Å². The van der Waals surface area contributed by atoms with Gasteiger partial charge in [0.15, 0.2) is 0 Å². The van der Waals surface area contributed by atoms with Gasteiger partial charge in [0.05, 0.1) is 16.5 Å². The van der Waals surface area contributed by atoms with Crippen molar-refractivity contribution in [3.8, 4) is 5.75 Å². The van der Waals surface area contributed by atoms with E-state index >= 15 is 0 Å². The number of amides is 1. The van der Waals surface area contributed by atoms with Crippen LogP contribution in [0.3, 0.4) is 0 Å². The van der Waals surface area contributed by atoms with E-state index in [0.717, 1.165) is 31.2 Å². The molecule has 29 heavy (non-hydrogen) atoms. The minimum Gasteiger partial charge on any atom is -0.496 e. The Morgan fingerprint density at radius 1 is 1.14 bits per heavy atom. The van der Waals surface area contributed by atoms with Crippen LogP contribution < -0.4 is 10.1 Å². The molecule has 1 N–H and O–H groups in total. The summed E-state index contributed by atoms with van der Waals surface area (Å²) in [5.74, 6) is 0.510. The topological polar surface area (TPSA) is 75.7 Å². The van der Waals surface area contributed by atoms with Crippen molar-refractivity contribution in [2.24, 2.45) is 0 Å². The molecule has 0 unspecified atom stereocenters. The van der Waals surface area contributed by atoms with E-state index in [9.17, 15) is 13.2 Å². The van der Waals surface area contributed by atoms with E-state index in [2.05, 4.69) is 21.2 Å². The van der Waals surface area contributed by atoms with Gasteiger partial charge in [0.2, 0.25) is 10.0 Å². The first-order valence-corrected chi connectivity index (χ1v) is 11.9. The summed E-state index contributed by atoms with van der Waals surface area (Å²) in [7, 11) is -2.11. The zero-order chi connectivity index (χ0) is 20.6. The number of nitrogens with zero attached hydrogens (tertiary/aromatic N) is 1. The van der Waals surface area contributed by atoms with Gasteiger partial charge in [0.1, 0.15) is 5.75 Å². The van der Waals surface area contributed by atoms with Gasteiger partial charge in [-0.3, -0.25) is 4.79 Å². The quantitative estimate of drug-likeness (QED) is 0.627. The second-order valence-corrected chi connectivity index (χ2v) is 10.3. The number of hydrogen-bond donors (Lipinski definition) is 1. The average molecular weight is 479 g/mol. The van der Waals surface area contributed by atoms with Crippen molar-refractivity contribution < 1.29 is 17.9 Å². The minimum atomic E-state index is -3.65. The fraction of sp³-hybridized carbons (Fsp3) is 0.381. The zero-order valence-electron chi connectivity index (χ0n) is 16.1. The highest BCUT2D eigenvalue weighted by Gasteiger charge is 2.38. The Morgan fingerprint density at radius 2 is 1.83 bits per heavy atom. The zero-order valence-corrected chi connectivity index (χ0v) is 18.5. The summed E-state index contributed by atoms with van der Waals surface area (Å²) in [5.41, 5.74) is 1.46. The average Bonchev–Trinajstić information content (AvgIpc) is 3.61. The monoisotopic (exact) mass is 478 g/mol. The van der Waals surface area contributed by atoms with Crippen molar-refractivity contribution in [3.63, 3.8) is 0 Å². The van der Waals surface area contributed by atoms with E-state index in [1.165, 1.54) is 0 Å². The van der Waals surface area contributed by atoms with E-state index in [-0.39, 0.29) is 23.4 Å². The molecule has 0 bridgehead atoms. The highest BCUT2D eigenvalue weighted by Crippen LogP contribution is 2.35. The molecule has 0 aliphatic heterocycles. The summed E-state index contributed by atoms with van der Waals surface area (Å²) in [6.45, 7) is 0.279. The van der Waals surface area contributed by atoms with Gasteiger partial charge in [0.25, 0.3) is 5.91 Å². The van der Waals surface area contributed by atoms with Crippen molar-refractivity contribution in [1.82, 2.24) is 9.62 Å². The van der Waals surface area contributed by atoms with Gasteiger partial charge in [-0.05, 0) is 77.5 Å². The van der Waals surface area contributed by atoms with Gasteiger partial charge < -0.3 is 10.1 Å². The number of methoxy groups -OCH3 is 1. The number of sulfonamides is 1. The van der Waals surface area contributed by atoms with Crippen LogP contribution in [0.15, 0.2) is 51.8 Å². The lowest BCUT2D eigenvalue weighted by Gasteiger charge is -2.22. The van der Waals surface area contributed by atoms with Gasteiger partial charge >= 0.3 is 0 Å². The molecule has 0 heterocycles. The second-order valence-electron chi connectivity index (χ2n) is 7.52. The van der Waals surface area contributed by atoms with Crippen molar-refractivity contribution >= 4 is 31.9 Å². The predicted octanol–water partition coefficient (Wildman–Crippen LogP) is 3.70. The molecule has 2 aromatic carbocycles. The number of hydrogen-bond acceptors (Lipinski definition) is 4. The number of nitrogens with one attached hydrogen (secondary N) is 1. The van der Waals surface area contributed by atoms with E-state index in [1.54, 1.807) is 41.7 Å². The third-order valence-corrected chi connectivity index (χ3v) is 7.67. The van der Waals surface area contributed by atoms with Crippen LogP contribution in [0.4, 0.5) is 0 Å². The molecule has 6 nitrogen and oxygen atoms in total. The van der Waals surface area contributed by atoms with Crippen LogP contribution in [0.2, 0.25) is 0 Å². The van der Waals surface area contributed by atoms with E-state index in [4.69, 9.17) is 4.74 Å². The molecule has 2 fully saturated rings. The van der Waals surface area contributed by atoms with Gasteiger partial charge in [-0.1, -0.05) is 12.1 Å². The summed E-state index contributed by atoms with van der Waals surface area (Å²) < 4.78 is 33.9. The molecule has 2 saturated carbocycles. The number of carbonyl (C=O) groups excluding carboxylic acids is 1. The standard InChI is InChI=1S/C21H23BrN2O4S/c1-28-20-11-10-18(12-19(20)22)29(26,27)24(17-8-9-17)13-14-2-4-15(5-3-14)21(25)23-16-6-7-16/h2-5,10-12,16-17H,6-9,13H2,1H3,(H,23,25). The minimum absolute atomic E-state index is 0.0127. The number of rotatable bonds is 8. The maximum atomic E-state index is 13.3.